The standard InChI is InChI=1S/C23H25FOSi2/c1-26(2,3)25-23(19-24)27(20-13-7-4-8-14-20,21-15-9-5-10-16-21)22-17-11-6-12-18-22/h4-19H,1-3H3/b23-19+. The fraction of sp³-hybridized carbons (Fsp3) is 0.130. The quantitative estimate of drug-likeness (QED) is 0.344. The summed E-state index contributed by atoms with van der Waals surface area (Å²) >= 11 is 0. The molecule has 0 saturated heterocycles. The second-order valence-corrected chi connectivity index (χ2v) is 15.7. The van der Waals surface area contributed by atoms with E-state index in [1.165, 1.54) is 0 Å². The third-order valence-corrected chi connectivity index (χ3v) is 10.1. The SMILES string of the molecule is C[Si](C)(C)O/C(=C\F)[Si](c1ccccc1)(c1ccccc1)c1ccccc1. The predicted molar refractivity (Wildman–Crippen MR) is 118 cm³/mol. The van der Waals surface area contributed by atoms with Gasteiger partial charge in [0.15, 0.2) is 0 Å². The summed E-state index contributed by atoms with van der Waals surface area (Å²) in [6.45, 7) is 6.28. The van der Waals surface area contributed by atoms with Crippen LogP contribution in [-0.2, 0) is 4.43 Å². The van der Waals surface area contributed by atoms with Crippen LogP contribution in [0, 0.1) is 0 Å². The molecule has 0 fully saturated rings. The van der Waals surface area contributed by atoms with Gasteiger partial charge in [0, 0.05) is 0 Å². The van der Waals surface area contributed by atoms with Crippen LogP contribution in [0.1, 0.15) is 0 Å². The Balaban J connectivity index is 2.39. The van der Waals surface area contributed by atoms with E-state index in [1.807, 2.05) is 54.6 Å². The molecule has 3 rings (SSSR count). The maximum Gasteiger partial charge on any atom is 0.241 e. The van der Waals surface area contributed by atoms with E-state index in [4.69, 9.17) is 4.43 Å². The van der Waals surface area contributed by atoms with E-state index in [2.05, 4.69) is 56.0 Å². The number of benzene rings is 3. The molecule has 0 radical (unpaired) electrons. The summed E-state index contributed by atoms with van der Waals surface area (Å²) < 4.78 is 20.9. The normalized spacial score (nSPS) is 12.7. The molecule has 1 nitrogen and oxygen atoms in total. The number of hydrogen-bond acceptors (Lipinski definition) is 1. The molecule has 3 aromatic carbocycles. The molecule has 0 aliphatic rings. The van der Waals surface area contributed by atoms with Gasteiger partial charge in [0.1, 0.15) is 11.7 Å². The van der Waals surface area contributed by atoms with Crippen molar-refractivity contribution < 1.29 is 8.82 Å². The van der Waals surface area contributed by atoms with E-state index in [0.717, 1.165) is 15.6 Å². The van der Waals surface area contributed by atoms with Gasteiger partial charge in [-0.1, -0.05) is 91.0 Å². The fourth-order valence-electron chi connectivity index (χ4n) is 3.50. The number of halogens is 1. The first-order valence-corrected chi connectivity index (χ1v) is 14.6. The summed E-state index contributed by atoms with van der Waals surface area (Å²) in [4.78, 5) is 0. The van der Waals surface area contributed by atoms with Crippen LogP contribution in [0.2, 0.25) is 19.6 Å². The third kappa shape index (κ3) is 3.97. The van der Waals surface area contributed by atoms with Crippen molar-refractivity contribution in [2.75, 3.05) is 0 Å². The summed E-state index contributed by atoms with van der Waals surface area (Å²) in [6, 6.07) is 30.7. The van der Waals surface area contributed by atoms with Gasteiger partial charge >= 0.3 is 0 Å². The number of rotatable bonds is 6. The van der Waals surface area contributed by atoms with Crippen LogP contribution in [0.15, 0.2) is 103 Å². The van der Waals surface area contributed by atoms with Crippen molar-refractivity contribution in [2.24, 2.45) is 0 Å². The molecular weight excluding hydrogens is 367 g/mol. The Hall–Kier alpha value is -2.44. The van der Waals surface area contributed by atoms with Crippen molar-refractivity contribution >= 4 is 32.0 Å². The van der Waals surface area contributed by atoms with Gasteiger partial charge in [0.25, 0.3) is 0 Å². The first kappa shape index (κ1) is 19.3. The van der Waals surface area contributed by atoms with Gasteiger partial charge < -0.3 is 4.43 Å². The molecule has 0 N–H and O–H groups in total. The summed E-state index contributed by atoms with van der Waals surface area (Å²) in [5.41, 5.74) is 0. The predicted octanol–water partition coefficient (Wildman–Crippen LogP) is 4.36. The smallest absolute Gasteiger partial charge is 0.241 e. The highest BCUT2D eigenvalue weighted by atomic mass is 28.4. The van der Waals surface area contributed by atoms with E-state index in [-0.39, 0.29) is 0 Å². The van der Waals surface area contributed by atoms with Gasteiger partial charge in [0.2, 0.25) is 16.4 Å². The Morgan fingerprint density at radius 3 is 1.26 bits per heavy atom. The molecule has 4 heteroatoms. The molecule has 0 spiro atoms. The zero-order chi connectivity index (χ0) is 19.3. The zero-order valence-electron chi connectivity index (χ0n) is 16.0. The third-order valence-electron chi connectivity index (χ3n) is 4.51. The van der Waals surface area contributed by atoms with Crippen molar-refractivity contribution in [3.05, 3.63) is 103 Å². The molecule has 3 aromatic rings. The Kier molecular flexibility index (Phi) is 5.77. The van der Waals surface area contributed by atoms with Crippen molar-refractivity contribution in [3.8, 4) is 0 Å². The van der Waals surface area contributed by atoms with Crippen LogP contribution >= 0.6 is 0 Å². The minimum atomic E-state index is -2.86. The van der Waals surface area contributed by atoms with Gasteiger partial charge in [0.05, 0.1) is 0 Å². The highest BCUT2D eigenvalue weighted by Crippen LogP contribution is 2.22. The molecule has 0 unspecified atom stereocenters. The monoisotopic (exact) mass is 392 g/mol. The molecule has 0 heterocycles. The minimum absolute atomic E-state index is 0.477. The Morgan fingerprint density at radius 2 is 1.00 bits per heavy atom. The lowest BCUT2D eigenvalue weighted by Crippen LogP contribution is -2.69. The van der Waals surface area contributed by atoms with E-state index in [1.54, 1.807) is 0 Å². The lowest BCUT2D eigenvalue weighted by molar-refractivity contribution is 0.439. The second kappa shape index (κ2) is 8.07. The second-order valence-electron chi connectivity index (χ2n) is 7.54. The molecule has 0 aliphatic heterocycles. The molecular formula is C23H25FOSi2. The topological polar surface area (TPSA) is 9.23 Å². The molecule has 0 saturated carbocycles. The lowest BCUT2D eigenvalue weighted by atomic mass is 10.3. The first-order valence-electron chi connectivity index (χ1n) is 9.15. The average molecular weight is 393 g/mol. The van der Waals surface area contributed by atoms with Gasteiger partial charge in [-0.2, -0.15) is 0 Å². The van der Waals surface area contributed by atoms with E-state index >= 15 is 0 Å². The van der Waals surface area contributed by atoms with E-state index in [9.17, 15) is 4.39 Å². The van der Waals surface area contributed by atoms with Gasteiger partial charge in [-0.15, -0.1) is 0 Å². The Labute approximate surface area is 163 Å². The highest BCUT2D eigenvalue weighted by molar-refractivity contribution is 7.16. The molecule has 0 aliphatic carbocycles. The highest BCUT2D eigenvalue weighted by Gasteiger charge is 2.46. The average Bonchev–Trinajstić information content (AvgIpc) is 2.69. The van der Waals surface area contributed by atoms with Crippen molar-refractivity contribution in [2.45, 2.75) is 19.6 Å². The van der Waals surface area contributed by atoms with E-state index < -0.39 is 16.4 Å². The maximum atomic E-state index is 14.5. The number of hydrogen-bond donors (Lipinski definition) is 0. The summed E-state index contributed by atoms with van der Waals surface area (Å²) in [5.74, 6) is 0. The van der Waals surface area contributed by atoms with Crippen molar-refractivity contribution in [1.29, 1.82) is 0 Å². The van der Waals surface area contributed by atoms with Crippen LogP contribution in [0.25, 0.3) is 0 Å². The van der Waals surface area contributed by atoms with Crippen LogP contribution in [0.3, 0.4) is 0 Å². The Morgan fingerprint density at radius 1 is 0.667 bits per heavy atom. The summed E-state index contributed by atoms with van der Waals surface area (Å²) in [7, 11) is -4.89. The molecule has 0 amide bonds. The lowest BCUT2D eigenvalue weighted by Gasteiger charge is -2.37. The van der Waals surface area contributed by atoms with Crippen LogP contribution < -0.4 is 15.6 Å². The molecule has 0 bridgehead atoms. The molecule has 0 aromatic heterocycles. The first-order chi connectivity index (χ1) is 13.0. The van der Waals surface area contributed by atoms with Crippen molar-refractivity contribution in [1.82, 2.24) is 0 Å². The van der Waals surface area contributed by atoms with E-state index in [0.29, 0.717) is 11.7 Å². The maximum absolute atomic E-state index is 14.5. The van der Waals surface area contributed by atoms with Gasteiger partial charge in [-0.05, 0) is 35.2 Å². The van der Waals surface area contributed by atoms with Crippen LogP contribution in [0.5, 0.6) is 0 Å². The molecule has 0 atom stereocenters. The van der Waals surface area contributed by atoms with Gasteiger partial charge in [-0.25, -0.2) is 4.39 Å². The van der Waals surface area contributed by atoms with Crippen molar-refractivity contribution in [3.63, 3.8) is 0 Å². The molecule has 27 heavy (non-hydrogen) atoms. The van der Waals surface area contributed by atoms with Crippen LogP contribution in [0.4, 0.5) is 4.39 Å². The van der Waals surface area contributed by atoms with Crippen LogP contribution in [-0.4, -0.2) is 16.4 Å². The zero-order valence-corrected chi connectivity index (χ0v) is 18.0. The molecule has 138 valence electrons. The summed E-state index contributed by atoms with van der Waals surface area (Å²) in [6.07, 6.45) is 0.706. The minimum Gasteiger partial charge on any atom is -0.548 e. The fourth-order valence-corrected chi connectivity index (χ4v) is 9.83. The summed E-state index contributed by atoms with van der Waals surface area (Å²) in [5, 5.41) is 3.82. The Bertz CT molecular complexity index is 791. The largest absolute Gasteiger partial charge is 0.548 e. The van der Waals surface area contributed by atoms with Gasteiger partial charge in [-0.3, -0.25) is 0 Å².